The molecule has 0 aliphatic heterocycles. The van der Waals surface area contributed by atoms with Gasteiger partial charge in [0.2, 0.25) is 11.8 Å². The van der Waals surface area contributed by atoms with Crippen LogP contribution in [0.15, 0.2) is 12.7 Å². The van der Waals surface area contributed by atoms with Gasteiger partial charge >= 0.3 is 35.5 Å². The van der Waals surface area contributed by atoms with Crippen molar-refractivity contribution in [1.29, 1.82) is 0 Å². The number of imide groups is 1. The Bertz CT molecular complexity index is 499. The van der Waals surface area contributed by atoms with E-state index in [0.29, 0.717) is 12.8 Å². The molecular weight excluding hydrogens is 385 g/mol. The molecule has 2 amide bonds. The van der Waals surface area contributed by atoms with Crippen molar-refractivity contribution < 1.29 is 58.6 Å². The van der Waals surface area contributed by atoms with E-state index in [-0.39, 0.29) is 49.0 Å². The standard InChI is InChI=1S/C21H35NO6.Na/c1-4-7-9-11-13-18(23)22(19(24)14-12-10-8-5-2)17(16-20(25)26)21(27)28-15-6-3;/h6,17H,3-5,7-16H2,1-2H3,(H,25,26);/q;+1/p-1. The number of carboxylic acid groups (broad SMARTS) is 1. The summed E-state index contributed by atoms with van der Waals surface area (Å²) < 4.78 is 4.93. The number of ether oxygens (including phenoxy) is 1. The zero-order chi connectivity index (χ0) is 21.4. The minimum absolute atomic E-state index is 0. The Kier molecular flexibility index (Phi) is 19.5. The largest absolute Gasteiger partial charge is 1.00 e. The van der Waals surface area contributed by atoms with Gasteiger partial charge in [-0.1, -0.05) is 65.0 Å². The number of carbonyl (C=O) groups excluding carboxylic acids is 4. The number of hydrogen-bond acceptors (Lipinski definition) is 6. The number of nitrogens with zero attached hydrogens (tertiary/aromatic N) is 1. The molecule has 8 heteroatoms. The third kappa shape index (κ3) is 13.6. The summed E-state index contributed by atoms with van der Waals surface area (Å²) >= 11 is 0. The topological polar surface area (TPSA) is 104 Å². The number of hydrogen-bond donors (Lipinski definition) is 0. The van der Waals surface area contributed by atoms with E-state index in [1.54, 1.807) is 0 Å². The summed E-state index contributed by atoms with van der Waals surface area (Å²) in [4.78, 5) is 49.7. The number of amides is 2. The fourth-order valence-corrected chi connectivity index (χ4v) is 2.81. The van der Waals surface area contributed by atoms with Crippen LogP contribution >= 0.6 is 0 Å². The summed E-state index contributed by atoms with van der Waals surface area (Å²) in [5.41, 5.74) is 0. The van der Waals surface area contributed by atoms with Crippen LogP contribution in [0.25, 0.3) is 0 Å². The van der Waals surface area contributed by atoms with Gasteiger partial charge < -0.3 is 14.6 Å². The summed E-state index contributed by atoms with van der Waals surface area (Å²) in [6, 6.07) is -1.51. The van der Waals surface area contributed by atoms with Crippen LogP contribution < -0.4 is 34.7 Å². The maximum Gasteiger partial charge on any atom is 1.00 e. The Morgan fingerprint density at radius 3 is 1.79 bits per heavy atom. The number of unbranched alkanes of at least 4 members (excludes halogenated alkanes) is 6. The van der Waals surface area contributed by atoms with Crippen molar-refractivity contribution in [3.63, 3.8) is 0 Å². The summed E-state index contributed by atoms with van der Waals surface area (Å²) in [6.07, 6.45) is 7.43. The molecule has 7 nitrogen and oxygen atoms in total. The van der Waals surface area contributed by atoms with Gasteiger partial charge in [0.25, 0.3) is 0 Å². The molecule has 0 bridgehead atoms. The minimum atomic E-state index is -1.52. The molecule has 0 fully saturated rings. The summed E-state index contributed by atoms with van der Waals surface area (Å²) in [5, 5.41) is 11.1. The molecule has 0 aromatic rings. The molecule has 0 radical (unpaired) electrons. The van der Waals surface area contributed by atoms with Crippen LogP contribution in [0.1, 0.15) is 84.5 Å². The quantitative estimate of drug-likeness (QED) is 0.145. The Labute approximate surface area is 196 Å². The molecule has 0 rings (SSSR count). The molecule has 1 unspecified atom stereocenters. The Morgan fingerprint density at radius 1 is 0.931 bits per heavy atom. The number of rotatable bonds is 16. The van der Waals surface area contributed by atoms with Crippen molar-refractivity contribution in [2.24, 2.45) is 0 Å². The molecule has 0 saturated carbocycles. The molecule has 0 spiro atoms. The minimum Gasteiger partial charge on any atom is -0.550 e. The molecule has 29 heavy (non-hydrogen) atoms. The van der Waals surface area contributed by atoms with Crippen LogP contribution in [0.2, 0.25) is 0 Å². The summed E-state index contributed by atoms with van der Waals surface area (Å²) in [5.74, 6) is -3.55. The van der Waals surface area contributed by atoms with Gasteiger partial charge in [0.1, 0.15) is 12.6 Å². The van der Waals surface area contributed by atoms with Crippen LogP contribution in [0.5, 0.6) is 0 Å². The second-order valence-electron chi connectivity index (χ2n) is 6.79. The van der Waals surface area contributed by atoms with Crippen LogP contribution in [-0.4, -0.2) is 41.3 Å². The molecule has 1 atom stereocenters. The van der Waals surface area contributed by atoms with Gasteiger partial charge in [-0.25, -0.2) is 4.79 Å². The first-order valence-electron chi connectivity index (χ1n) is 10.2. The second-order valence-corrected chi connectivity index (χ2v) is 6.79. The smallest absolute Gasteiger partial charge is 0.550 e. The summed E-state index contributed by atoms with van der Waals surface area (Å²) in [6.45, 7) is 7.38. The van der Waals surface area contributed by atoms with Crippen LogP contribution in [0, 0.1) is 0 Å². The predicted octanol–water partition coefficient (Wildman–Crippen LogP) is -0.476. The molecule has 0 aromatic heterocycles. The molecule has 0 saturated heterocycles. The van der Waals surface area contributed by atoms with Gasteiger partial charge in [-0.2, -0.15) is 0 Å². The molecular formula is C21H34NNaO6. The first kappa shape index (κ1) is 30.0. The number of carboxylic acids is 1. The van der Waals surface area contributed by atoms with Crippen LogP contribution in [0.3, 0.4) is 0 Å². The van der Waals surface area contributed by atoms with E-state index >= 15 is 0 Å². The first-order valence-corrected chi connectivity index (χ1v) is 10.2. The molecule has 0 aliphatic carbocycles. The Hall–Kier alpha value is -1.18. The molecule has 0 N–H and O–H groups in total. The second kappa shape index (κ2) is 18.8. The van der Waals surface area contributed by atoms with Gasteiger partial charge in [0, 0.05) is 25.2 Å². The van der Waals surface area contributed by atoms with Crippen molar-refractivity contribution in [2.75, 3.05) is 6.61 Å². The van der Waals surface area contributed by atoms with Crippen molar-refractivity contribution in [3.05, 3.63) is 12.7 Å². The van der Waals surface area contributed by atoms with Gasteiger partial charge in [-0.3, -0.25) is 14.5 Å². The number of esters is 1. The molecule has 160 valence electrons. The number of carbonyl (C=O) groups is 4. The van der Waals surface area contributed by atoms with E-state index in [0.717, 1.165) is 43.4 Å². The van der Waals surface area contributed by atoms with E-state index in [4.69, 9.17) is 4.74 Å². The van der Waals surface area contributed by atoms with Gasteiger partial charge in [0.05, 0.1) is 0 Å². The van der Waals surface area contributed by atoms with Crippen molar-refractivity contribution in [3.8, 4) is 0 Å². The third-order valence-corrected chi connectivity index (χ3v) is 4.31. The average Bonchev–Trinajstić information content (AvgIpc) is 2.65. The third-order valence-electron chi connectivity index (χ3n) is 4.31. The van der Waals surface area contributed by atoms with Gasteiger partial charge in [-0.05, 0) is 12.8 Å². The van der Waals surface area contributed by atoms with Crippen LogP contribution in [0.4, 0.5) is 0 Å². The van der Waals surface area contributed by atoms with Gasteiger partial charge in [0.15, 0.2) is 0 Å². The molecule has 0 heterocycles. The first-order chi connectivity index (χ1) is 13.4. The monoisotopic (exact) mass is 419 g/mol. The zero-order valence-corrected chi connectivity index (χ0v) is 20.2. The average molecular weight is 419 g/mol. The van der Waals surface area contributed by atoms with E-state index in [1.165, 1.54) is 6.08 Å². The fraction of sp³-hybridized carbons (Fsp3) is 0.714. The Morgan fingerprint density at radius 2 is 1.41 bits per heavy atom. The van der Waals surface area contributed by atoms with Crippen molar-refractivity contribution >= 4 is 23.8 Å². The predicted molar refractivity (Wildman–Crippen MR) is 104 cm³/mol. The van der Waals surface area contributed by atoms with E-state index in [1.807, 2.05) is 13.8 Å². The van der Waals surface area contributed by atoms with Crippen LogP contribution in [-0.2, 0) is 23.9 Å². The fourth-order valence-electron chi connectivity index (χ4n) is 2.81. The maximum absolute atomic E-state index is 12.7. The maximum atomic E-state index is 12.7. The molecule has 0 aromatic carbocycles. The molecule has 0 aliphatic rings. The number of aliphatic carboxylic acids is 1. The van der Waals surface area contributed by atoms with Crippen molar-refractivity contribution in [1.82, 2.24) is 4.90 Å². The van der Waals surface area contributed by atoms with Gasteiger partial charge in [-0.15, -0.1) is 0 Å². The summed E-state index contributed by atoms with van der Waals surface area (Å²) in [7, 11) is 0. The van der Waals surface area contributed by atoms with E-state index in [9.17, 15) is 24.3 Å². The normalized spacial score (nSPS) is 11.1. The van der Waals surface area contributed by atoms with E-state index in [2.05, 4.69) is 6.58 Å². The Balaban J connectivity index is 0. The zero-order valence-electron chi connectivity index (χ0n) is 18.2. The van der Waals surface area contributed by atoms with E-state index < -0.39 is 36.2 Å². The SMILES string of the molecule is C=CCOC(=O)C(CC(=O)[O-])N(C(=O)CCCCCC)C(=O)CCCCCC.[Na+]. The van der Waals surface area contributed by atoms with Crippen molar-refractivity contribution in [2.45, 2.75) is 90.5 Å².